The van der Waals surface area contributed by atoms with Gasteiger partial charge in [-0.05, 0) is 18.2 Å². The van der Waals surface area contributed by atoms with Crippen LogP contribution in [0.1, 0.15) is 10.4 Å². The first kappa shape index (κ1) is 13.3. The summed E-state index contributed by atoms with van der Waals surface area (Å²) < 4.78 is 37.5. The Morgan fingerprint density at radius 1 is 1.28 bits per heavy atom. The number of carbonyl (C=O) groups is 1. The highest BCUT2D eigenvalue weighted by molar-refractivity contribution is 7.85. The van der Waals surface area contributed by atoms with Crippen LogP contribution in [0.25, 0.3) is 0 Å². The standard InChI is InChI=1S/C12H13F2NO2S/c13-9-1-2-11(14)10(7-9)12(16)8-15-3-5-18(17)6-4-15/h1-2,7H,3-6,8H2. The molecule has 1 saturated heterocycles. The molecule has 1 fully saturated rings. The van der Waals surface area contributed by atoms with Crippen LogP contribution in [0.2, 0.25) is 0 Å². The quantitative estimate of drug-likeness (QED) is 0.777. The van der Waals surface area contributed by atoms with Gasteiger partial charge in [-0.3, -0.25) is 13.9 Å². The van der Waals surface area contributed by atoms with Crippen LogP contribution in [0, 0.1) is 11.6 Å². The largest absolute Gasteiger partial charge is 0.294 e. The third kappa shape index (κ3) is 3.20. The maximum atomic E-state index is 13.4. The van der Waals surface area contributed by atoms with Gasteiger partial charge in [0.15, 0.2) is 5.78 Å². The SMILES string of the molecule is O=C(CN1CCS(=O)CC1)c1cc(F)ccc1F. The minimum atomic E-state index is -0.815. The molecule has 0 atom stereocenters. The number of Topliss-reactive ketones (excluding diaryl/α,β-unsaturated/α-hetero) is 1. The Morgan fingerprint density at radius 3 is 2.61 bits per heavy atom. The fourth-order valence-corrected chi connectivity index (χ4v) is 2.96. The predicted octanol–water partition coefficient (Wildman–Crippen LogP) is 1.21. The molecule has 1 aliphatic rings. The van der Waals surface area contributed by atoms with Crippen LogP contribution in [0.4, 0.5) is 8.78 Å². The van der Waals surface area contributed by atoms with E-state index in [-0.39, 0.29) is 12.1 Å². The highest BCUT2D eigenvalue weighted by Crippen LogP contribution is 2.12. The van der Waals surface area contributed by atoms with Crippen molar-refractivity contribution < 1.29 is 17.8 Å². The van der Waals surface area contributed by atoms with Crippen molar-refractivity contribution in [3.63, 3.8) is 0 Å². The van der Waals surface area contributed by atoms with Gasteiger partial charge in [0.25, 0.3) is 0 Å². The van der Waals surface area contributed by atoms with Gasteiger partial charge in [-0.25, -0.2) is 8.78 Å². The van der Waals surface area contributed by atoms with Crippen LogP contribution in [0.5, 0.6) is 0 Å². The van der Waals surface area contributed by atoms with Gasteiger partial charge >= 0.3 is 0 Å². The number of benzene rings is 1. The van der Waals surface area contributed by atoms with Crippen molar-refractivity contribution in [3.05, 3.63) is 35.4 Å². The Bertz CT molecular complexity index is 483. The van der Waals surface area contributed by atoms with E-state index in [0.717, 1.165) is 18.2 Å². The van der Waals surface area contributed by atoms with E-state index in [1.165, 1.54) is 0 Å². The van der Waals surface area contributed by atoms with E-state index in [2.05, 4.69) is 0 Å². The Labute approximate surface area is 106 Å². The Kier molecular flexibility index (Phi) is 4.19. The van der Waals surface area contributed by atoms with E-state index >= 15 is 0 Å². The van der Waals surface area contributed by atoms with Gasteiger partial charge in [0, 0.05) is 35.4 Å². The maximum Gasteiger partial charge on any atom is 0.179 e. The van der Waals surface area contributed by atoms with Gasteiger partial charge in [0.1, 0.15) is 11.6 Å². The molecule has 1 aromatic rings. The van der Waals surface area contributed by atoms with Crippen LogP contribution in [-0.4, -0.2) is 46.0 Å². The molecular weight excluding hydrogens is 260 g/mol. The van der Waals surface area contributed by atoms with Crippen molar-refractivity contribution in [2.75, 3.05) is 31.1 Å². The second kappa shape index (κ2) is 5.67. The zero-order valence-electron chi connectivity index (χ0n) is 9.70. The van der Waals surface area contributed by atoms with Gasteiger partial charge < -0.3 is 0 Å². The molecule has 0 N–H and O–H groups in total. The normalized spacial score (nSPS) is 17.9. The van der Waals surface area contributed by atoms with Gasteiger partial charge in [0.05, 0.1) is 12.1 Å². The van der Waals surface area contributed by atoms with Gasteiger partial charge in [-0.1, -0.05) is 0 Å². The summed E-state index contributed by atoms with van der Waals surface area (Å²) in [6.45, 7) is 1.14. The summed E-state index contributed by atoms with van der Waals surface area (Å²) in [6, 6.07) is 2.85. The molecule has 0 bridgehead atoms. The third-order valence-electron chi connectivity index (χ3n) is 2.87. The van der Waals surface area contributed by atoms with Gasteiger partial charge in [0.2, 0.25) is 0 Å². The Morgan fingerprint density at radius 2 is 1.94 bits per heavy atom. The highest BCUT2D eigenvalue weighted by Gasteiger charge is 2.20. The van der Waals surface area contributed by atoms with Crippen LogP contribution >= 0.6 is 0 Å². The molecule has 1 aromatic carbocycles. The van der Waals surface area contributed by atoms with Crippen molar-refractivity contribution in [2.45, 2.75) is 0 Å². The second-order valence-corrected chi connectivity index (χ2v) is 5.87. The van der Waals surface area contributed by atoms with Crippen LogP contribution in [0.3, 0.4) is 0 Å². The molecular formula is C12H13F2NO2S. The summed E-state index contributed by atoms with van der Waals surface area (Å²) in [5.41, 5.74) is -0.221. The van der Waals surface area contributed by atoms with E-state index in [4.69, 9.17) is 0 Å². The number of halogens is 2. The third-order valence-corrected chi connectivity index (χ3v) is 4.14. The first-order chi connectivity index (χ1) is 8.56. The van der Waals surface area contributed by atoms with E-state index in [9.17, 15) is 17.8 Å². The average Bonchev–Trinajstić information content (AvgIpc) is 2.35. The summed E-state index contributed by atoms with van der Waals surface area (Å²) in [5, 5.41) is 0. The fraction of sp³-hybridized carbons (Fsp3) is 0.417. The number of carbonyl (C=O) groups excluding carboxylic acids is 1. The van der Waals surface area contributed by atoms with Crippen molar-refractivity contribution >= 4 is 16.6 Å². The average molecular weight is 273 g/mol. The van der Waals surface area contributed by atoms with Crippen LogP contribution in [0.15, 0.2) is 18.2 Å². The van der Waals surface area contributed by atoms with Crippen LogP contribution < -0.4 is 0 Å². The first-order valence-electron chi connectivity index (χ1n) is 5.62. The number of hydrogen-bond acceptors (Lipinski definition) is 3. The topological polar surface area (TPSA) is 37.4 Å². The molecule has 0 amide bonds. The van der Waals surface area contributed by atoms with E-state index < -0.39 is 28.2 Å². The molecule has 0 unspecified atom stereocenters. The fourth-order valence-electron chi connectivity index (χ4n) is 1.83. The molecule has 3 nitrogen and oxygen atoms in total. The monoisotopic (exact) mass is 273 g/mol. The smallest absolute Gasteiger partial charge is 0.179 e. The number of rotatable bonds is 3. The molecule has 6 heteroatoms. The van der Waals surface area contributed by atoms with Crippen molar-refractivity contribution in [3.8, 4) is 0 Å². The maximum absolute atomic E-state index is 13.4. The summed E-state index contributed by atoms with van der Waals surface area (Å²) in [7, 11) is -0.815. The molecule has 2 rings (SSSR count). The lowest BCUT2D eigenvalue weighted by atomic mass is 10.1. The summed E-state index contributed by atoms with van der Waals surface area (Å²) in [5.74, 6) is -0.723. The number of nitrogens with zero attached hydrogens (tertiary/aromatic N) is 1. The van der Waals surface area contributed by atoms with E-state index in [1.54, 1.807) is 0 Å². The molecule has 0 spiro atoms. The lowest BCUT2D eigenvalue weighted by molar-refractivity contribution is 0.0932. The highest BCUT2D eigenvalue weighted by atomic mass is 32.2. The first-order valence-corrected chi connectivity index (χ1v) is 7.10. The van der Waals surface area contributed by atoms with Gasteiger partial charge in [-0.15, -0.1) is 0 Å². The number of hydrogen-bond donors (Lipinski definition) is 0. The molecule has 0 aromatic heterocycles. The van der Waals surface area contributed by atoms with Crippen molar-refractivity contribution in [1.29, 1.82) is 0 Å². The molecule has 1 heterocycles. The summed E-state index contributed by atoms with van der Waals surface area (Å²) in [4.78, 5) is 13.7. The number of ketones is 1. The van der Waals surface area contributed by atoms with Crippen LogP contribution in [-0.2, 0) is 10.8 Å². The molecule has 0 saturated carbocycles. The predicted molar refractivity (Wildman–Crippen MR) is 65.0 cm³/mol. The summed E-state index contributed by atoms with van der Waals surface area (Å²) in [6.07, 6.45) is 0. The Hall–Kier alpha value is -1.14. The molecule has 98 valence electrons. The molecule has 1 aliphatic heterocycles. The Balaban J connectivity index is 2.03. The molecule has 0 radical (unpaired) electrons. The van der Waals surface area contributed by atoms with E-state index in [1.807, 2.05) is 4.90 Å². The zero-order chi connectivity index (χ0) is 13.1. The molecule has 18 heavy (non-hydrogen) atoms. The zero-order valence-corrected chi connectivity index (χ0v) is 10.5. The lowest BCUT2D eigenvalue weighted by Gasteiger charge is -2.25. The van der Waals surface area contributed by atoms with Crippen molar-refractivity contribution in [1.82, 2.24) is 4.90 Å². The lowest BCUT2D eigenvalue weighted by Crippen LogP contribution is -2.40. The second-order valence-electron chi connectivity index (χ2n) is 4.17. The minimum absolute atomic E-state index is 0.0393. The van der Waals surface area contributed by atoms with Gasteiger partial charge in [-0.2, -0.15) is 0 Å². The van der Waals surface area contributed by atoms with Crippen molar-refractivity contribution in [2.24, 2.45) is 0 Å². The molecule has 0 aliphatic carbocycles. The minimum Gasteiger partial charge on any atom is -0.294 e. The van der Waals surface area contributed by atoms with E-state index in [0.29, 0.717) is 24.6 Å². The summed E-state index contributed by atoms with van der Waals surface area (Å²) >= 11 is 0.